The summed E-state index contributed by atoms with van der Waals surface area (Å²) in [6, 6.07) is 14.5. The van der Waals surface area contributed by atoms with Crippen molar-refractivity contribution in [1.82, 2.24) is 0 Å². The molecule has 2 rings (SSSR count). The molecular formula is C16H16O. The van der Waals surface area contributed by atoms with E-state index in [9.17, 15) is 0 Å². The Morgan fingerprint density at radius 2 is 1.82 bits per heavy atom. The third kappa shape index (κ3) is 3.26. The molecule has 1 nitrogen and oxygen atoms in total. The highest BCUT2D eigenvalue weighted by atomic mass is 16.5. The molecule has 0 spiro atoms. The molecule has 17 heavy (non-hydrogen) atoms. The Labute approximate surface area is 102 Å². The Morgan fingerprint density at radius 3 is 2.65 bits per heavy atom. The average Bonchev–Trinajstić information content (AvgIpc) is 2.38. The third-order valence-corrected chi connectivity index (χ3v) is 2.71. The van der Waals surface area contributed by atoms with Crippen LogP contribution >= 0.6 is 0 Å². The molecular weight excluding hydrogens is 208 g/mol. The molecule has 0 amide bonds. The zero-order chi connectivity index (χ0) is 11.9. The molecule has 1 heteroatoms. The minimum atomic E-state index is 0.736. The van der Waals surface area contributed by atoms with E-state index in [0.717, 1.165) is 31.6 Å². The second-order valence-corrected chi connectivity index (χ2v) is 4.02. The van der Waals surface area contributed by atoms with Gasteiger partial charge in [-0.2, -0.15) is 0 Å². The Bertz CT molecular complexity index is 522. The predicted molar refractivity (Wildman–Crippen MR) is 72.1 cm³/mol. The van der Waals surface area contributed by atoms with E-state index >= 15 is 0 Å². The van der Waals surface area contributed by atoms with Crippen LogP contribution in [0, 0.1) is 12.3 Å². The van der Waals surface area contributed by atoms with Crippen molar-refractivity contribution in [3.8, 4) is 18.1 Å². The highest BCUT2D eigenvalue weighted by molar-refractivity contribution is 5.83. The smallest absolute Gasteiger partial charge is 0.119 e. The number of rotatable bonds is 5. The number of benzene rings is 2. The quantitative estimate of drug-likeness (QED) is 0.550. The van der Waals surface area contributed by atoms with Crippen molar-refractivity contribution in [2.24, 2.45) is 0 Å². The fraction of sp³-hybridized carbons (Fsp3) is 0.250. The molecule has 0 bridgehead atoms. The summed E-state index contributed by atoms with van der Waals surface area (Å²) >= 11 is 0. The van der Waals surface area contributed by atoms with Gasteiger partial charge in [-0.15, -0.1) is 12.3 Å². The monoisotopic (exact) mass is 224 g/mol. The number of terminal acetylenes is 1. The average molecular weight is 224 g/mol. The van der Waals surface area contributed by atoms with Gasteiger partial charge in [0.05, 0.1) is 6.61 Å². The maximum absolute atomic E-state index is 5.69. The normalized spacial score (nSPS) is 10.1. The molecule has 2 aromatic carbocycles. The van der Waals surface area contributed by atoms with Crippen LogP contribution in [-0.4, -0.2) is 6.61 Å². The molecule has 0 fully saturated rings. The van der Waals surface area contributed by atoms with Gasteiger partial charge in [-0.05, 0) is 35.7 Å². The van der Waals surface area contributed by atoms with E-state index < -0.39 is 0 Å². The second kappa shape index (κ2) is 5.96. The topological polar surface area (TPSA) is 9.23 Å². The number of unbranched alkanes of at least 4 members (excludes halogenated alkanes) is 2. The lowest BCUT2D eigenvalue weighted by atomic mass is 10.1. The van der Waals surface area contributed by atoms with Gasteiger partial charge in [0.1, 0.15) is 5.75 Å². The fourth-order valence-corrected chi connectivity index (χ4v) is 1.78. The van der Waals surface area contributed by atoms with Gasteiger partial charge in [0.25, 0.3) is 0 Å². The maximum Gasteiger partial charge on any atom is 0.119 e. The molecule has 0 unspecified atom stereocenters. The van der Waals surface area contributed by atoms with Crippen LogP contribution in [-0.2, 0) is 0 Å². The van der Waals surface area contributed by atoms with E-state index in [1.165, 1.54) is 10.8 Å². The summed E-state index contributed by atoms with van der Waals surface area (Å²) in [5.74, 6) is 3.57. The van der Waals surface area contributed by atoms with E-state index in [1.807, 2.05) is 18.2 Å². The van der Waals surface area contributed by atoms with Gasteiger partial charge >= 0.3 is 0 Å². The van der Waals surface area contributed by atoms with Gasteiger partial charge < -0.3 is 4.74 Å². The molecule has 0 atom stereocenters. The fourth-order valence-electron chi connectivity index (χ4n) is 1.78. The van der Waals surface area contributed by atoms with Crippen molar-refractivity contribution in [3.63, 3.8) is 0 Å². The van der Waals surface area contributed by atoms with Gasteiger partial charge in [0.2, 0.25) is 0 Å². The Morgan fingerprint density at radius 1 is 1.00 bits per heavy atom. The van der Waals surface area contributed by atoms with E-state index in [4.69, 9.17) is 11.2 Å². The molecule has 86 valence electrons. The number of hydrogen-bond donors (Lipinski definition) is 0. The lowest BCUT2D eigenvalue weighted by Gasteiger charge is -2.06. The minimum absolute atomic E-state index is 0.736. The largest absolute Gasteiger partial charge is 0.494 e. The summed E-state index contributed by atoms with van der Waals surface area (Å²) < 4.78 is 5.69. The zero-order valence-corrected chi connectivity index (χ0v) is 9.86. The van der Waals surface area contributed by atoms with Crippen molar-refractivity contribution in [3.05, 3.63) is 42.5 Å². The van der Waals surface area contributed by atoms with E-state index in [0.29, 0.717) is 0 Å². The van der Waals surface area contributed by atoms with Crippen molar-refractivity contribution >= 4 is 10.8 Å². The molecule has 0 aliphatic carbocycles. The first-order valence-electron chi connectivity index (χ1n) is 5.95. The lowest BCUT2D eigenvalue weighted by molar-refractivity contribution is 0.308. The second-order valence-electron chi connectivity index (χ2n) is 4.02. The van der Waals surface area contributed by atoms with Crippen LogP contribution in [0.25, 0.3) is 10.8 Å². The molecule has 0 N–H and O–H groups in total. The molecule has 2 aromatic rings. The lowest BCUT2D eigenvalue weighted by Crippen LogP contribution is -1.96. The van der Waals surface area contributed by atoms with Gasteiger partial charge in [-0.25, -0.2) is 0 Å². The summed E-state index contributed by atoms with van der Waals surface area (Å²) in [7, 11) is 0. The van der Waals surface area contributed by atoms with E-state index in [-0.39, 0.29) is 0 Å². The van der Waals surface area contributed by atoms with Crippen LogP contribution in [0.2, 0.25) is 0 Å². The SMILES string of the molecule is C#CCCCCOc1ccc2ccccc2c1. The molecule has 0 aliphatic heterocycles. The number of fused-ring (bicyclic) bond motifs is 1. The van der Waals surface area contributed by atoms with Crippen LogP contribution in [0.15, 0.2) is 42.5 Å². The first-order chi connectivity index (χ1) is 8.40. The van der Waals surface area contributed by atoms with E-state index in [2.05, 4.69) is 30.2 Å². The van der Waals surface area contributed by atoms with Gasteiger partial charge in [-0.3, -0.25) is 0 Å². The highest BCUT2D eigenvalue weighted by Crippen LogP contribution is 2.20. The van der Waals surface area contributed by atoms with Crippen molar-refractivity contribution < 1.29 is 4.74 Å². The molecule has 0 saturated heterocycles. The molecule has 0 radical (unpaired) electrons. The van der Waals surface area contributed by atoms with Crippen molar-refractivity contribution in [2.45, 2.75) is 19.3 Å². The molecule has 0 saturated carbocycles. The van der Waals surface area contributed by atoms with E-state index in [1.54, 1.807) is 0 Å². The van der Waals surface area contributed by atoms with Crippen molar-refractivity contribution in [2.75, 3.05) is 6.61 Å². The maximum atomic E-state index is 5.69. The first-order valence-corrected chi connectivity index (χ1v) is 5.95. The highest BCUT2D eigenvalue weighted by Gasteiger charge is 1.96. The molecule has 0 aromatic heterocycles. The predicted octanol–water partition coefficient (Wildman–Crippen LogP) is 4.02. The Balaban J connectivity index is 1.93. The zero-order valence-electron chi connectivity index (χ0n) is 9.86. The van der Waals surface area contributed by atoms with Crippen LogP contribution in [0.4, 0.5) is 0 Å². The summed E-state index contributed by atoms with van der Waals surface area (Å²) in [4.78, 5) is 0. The van der Waals surface area contributed by atoms with Gasteiger partial charge in [-0.1, -0.05) is 30.3 Å². The van der Waals surface area contributed by atoms with Crippen molar-refractivity contribution in [1.29, 1.82) is 0 Å². The van der Waals surface area contributed by atoms with Crippen LogP contribution in [0.3, 0.4) is 0 Å². The van der Waals surface area contributed by atoms with Crippen LogP contribution in [0.1, 0.15) is 19.3 Å². The Hall–Kier alpha value is -1.94. The summed E-state index contributed by atoms with van der Waals surface area (Å²) in [6.45, 7) is 0.736. The molecule has 0 heterocycles. The first kappa shape index (κ1) is 11.5. The summed E-state index contributed by atoms with van der Waals surface area (Å²) in [5, 5.41) is 2.46. The van der Waals surface area contributed by atoms with Gasteiger partial charge in [0.15, 0.2) is 0 Å². The number of hydrogen-bond acceptors (Lipinski definition) is 1. The Kier molecular flexibility index (Phi) is 4.05. The molecule has 0 aliphatic rings. The summed E-state index contributed by atoms with van der Waals surface area (Å²) in [6.07, 6.45) is 8.07. The summed E-state index contributed by atoms with van der Waals surface area (Å²) in [5.41, 5.74) is 0. The third-order valence-electron chi connectivity index (χ3n) is 2.71. The van der Waals surface area contributed by atoms with Crippen LogP contribution < -0.4 is 4.74 Å². The standard InChI is InChI=1S/C16H16O/c1-2-3-4-7-12-17-16-11-10-14-8-5-6-9-15(14)13-16/h1,5-6,8-11,13H,3-4,7,12H2. The van der Waals surface area contributed by atoms with Crippen LogP contribution in [0.5, 0.6) is 5.75 Å². The van der Waals surface area contributed by atoms with Gasteiger partial charge in [0, 0.05) is 6.42 Å². The minimum Gasteiger partial charge on any atom is -0.494 e. The number of ether oxygens (including phenoxy) is 1.